The molecule has 0 aromatic carbocycles. The molecule has 0 saturated carbocycles. The average molecular weight is 183 g/mol. The fourth-order valence-electron chi connectivity index (χ4n) is 2.54. The molecule has 0 aliphatic carbocycles. The Bertz CT molecular complexity index is 154. The van der Waals surface area contributed by atoms with Gasteiger partial charge in [-0.1, -0.05) is 0 Å². The molecule has 0 aromatic rings. The van der Waals surface area contributed by atoms with Crippen LogP contribution in [0, 0.1) is 0 Å². The number of nitrogens with zero attached hydrogens (tertiary/aromatic N) is 1. The van der Waals surface area contributed by atoms with Crippen molar-refractivity contribution < 1.29 is 0 Å². The summed E-state index contributed by atoms with van der Waals surface area (Å²) in [7, 11) is 0. The first-order chi connectivity index (χ1) is 6.38. The van der Waals surface area contributed by atoms with Crippen LogP contribution in [-0.4, -0.2) is 49.7 Å². The van der Waals surface area contributed by atoms with Gasteiger partial charge in [-0.3, -0.25) is 4.90 Å². The van der Waals surface area contributed by atoms with Crippen LogP contribution in [0.1, 0.15) is 19.8 Å². The van der Waals surface area contributed by atoms with Crippen molar-refractivity contribution in [2.24, 2.45) is 0 Å². The third-order valence-corrected chi connectivity index (χ3v) is 3.34. The summed E-state index contributed by atoms with van der Waals surface area (Å²) in [6.45, 7) is 8.34. The van der Waals surface area contributed by atoms with Crippen molar-refractivity contribution in [1.82, 2.24) is 15.5 Å². The summed E-state index contributed by atoms with van der Waals surface area (Å²) in [5.74, 6) is 0. The van der Waals surface area contributed by atoms with Crippen molar-refractivity contribution in [3.63, 3.8) is 0 Å². The lowest BCUT2D eigenvalue weighted by molar-refractivity contribution is 0.119. The number of hydrogen-bond donors (Lipinski definition) is 2. The molecule has 3 nitrogen and oxygen atoms in total. The molecule has 2 N–H and O–H groups in total. The molecule has 0 amide bonds. The van der Waals surface area contributed by atoms with E-state index in [0.29, 0.717) is 6.04 Å². The van der Waals surface area contributed by atoms with Crippen molar-refractivity contribution in [3.8, 4) is 0 Å². The number of piperidine rings is 1. The van der Waals surface area contributed by atoms with Gasteiger partial charge in [0.15, 0.2) is 0 Å². The molecule has 76 valence electrons. The zero-order valence-electron chi connectivity index (χ0n) is 8.55. The summed E-state index contributed by atoms with van der Waals surface area (Å²) in [6.07, 6.45) is 2.73. The van der Waals surface area contributed by atoms with Gasteiger partial charge in [0.25, 0.3) is 0 Å². The summed E-state index contributed by atoms with van der Waals surface area (Å²) in [6, 6.07) is 1.47. The van der Waals surface area contributed by atoms with Crippen LogP contribution in [0.15, 0.2) is 0 Å². The summed E-state index contributed by atoms with van der Waals surface area (Å²) in [5, 5.41) is 6.97. The van der Waals surface area contributed by atoms with Gasteiger partial charge in [-0.05, 0) is 26.3 Å². The zero-order chi connectivity index (χ0) is 9.10. The van der Waals surface area contributed by atoms with Crippen LogP contribution in [0.25, 0.3) is 0 Å². The van der Waals surface area contributed by atoms with E-state index < -0.39 is 0 Å². The van der Waals surface area contributed by atoms with Gasteiger partial charge in [0.2, 0.25) is 0 Å². The molecule has 0 radical (unpaired) electrons. The van der Waals surface area contributed by atoms with Crippen LogP contribution in [0.5, 0.6) is 0 Å². The molecular weight excluding hydrogens is 162 g/mol. The van der Waals surface area contributed by atoms with E-state index in [0.717, 1.165) is 6.04 Å². The molecule has 2 rings (SSSR count). The van der Waals surface area contributed by atoms with Crippen LogP contribution in [0.3, 0.4) is 0 Å². The van der Waals surface area contributed by atoms with Crippen molar-refractivity contribution in [1.29, 1.82) is 0 Å². The summed E-state index contributed by atoms with van der Waals surface area (Å²) in [4.78, 5) is 2.65. The van der Waals surface area contributed by atoms with E-state index in [9.17, 15) is 0 Å². The van der Waals surface area contributed by atoms with Gasteiger partial charge in [0.1, 0.15) is 0 Å². The number of piperazine rings is 1. The maximum atomic E-state index is 3.57. The van der Waals surface area contributed by atoms with Gasteiger partial charge >= 0.3 is 0 Å². The SMILES string of the molecule is CC1NCCCC1N1CCNCC1. The molecule has 2 fully saturated rings. The van der Waals surface area contributed by atoms with Crippen LogP contribution in [0.4, 0.5) is 0 Å². The summed E-state index contributed by atoms with van der Waals surface area (Å²) < 4.78 is 0. The fraction of sp³-hybridized carbons (Fsp3) is 1.00. The van der Waals surface area contributed by atoms with Gasteiger partial charge in [-0.25, -0.2) is 0 Å². The number of rotatable bonds is 1. The highest BCUT2D eigenvalue weighted by Gasteiger charge is 2.27. The van der Waals surface area contributed by atoms with Gasteiger partial charge in [0.05, 0.1) is 0 Å². The van der Waals surface area contributed by atoms with Crippen molar-refractivity contribution in [3.05, 3.63) is 0 Å². The van der Waals surface area contributed by atoms with Gasteiger partial charge in [-0.2, -0.15) is 0 Å². The molecule has 2 heterocycles. The third kappa shape index (κ3) is 2.22. The lowest BCUT2D eigenvalue weighted by Crippen LogP contribution is -2.57. The monoisotopic (exact) mass is 183 g/mol. The second kappa shape index (κ2) is 4.40. The molecule has 2 unspecified atom stereocenters. The topological polar surface area (TPSA) is 27.3 Å². The Balaban J connectivity index is 1.88. The Hall–Kier alpha value is -0.120. The highest BCUT2D eigenvalue weighted by Crippen LogP contribution is 2.15. The smallest absolute Gasteiger partial charge is 0.0248 e. The molecule has 2 saturated heterocycles. The molecule has 0 spiro atoms. The number of nitrogens with one attached hydrogen (secondary N) is 2. The largest absolute Gasteiger partial charge is 0.314 e. The summed E-state index contributed by atoms with van der Waals surface area (Å²) >= 11 is 0. The second-order valence-electron chi connectivity index (χ2n) is 4.24. The highest BCUT2D eigenvalue weighted by molar-refractivity contribution is 4.87. The van der Waals surface area contributed by atoms with Crippen LogP contribution in [0.2, 0.25) is 0 Å². The molecule has 2 aliphatic rings. The Labute approximate surface area is 80.9 Å². The second-order valence-corrected chi connectivity index (χ2v) is 4.24. The summed E-state index contributed by atoms with van der Waals surface area (Å²) in [5.41, 5.74) is 0. The van der Waals surface area contributed by atoms with Crippen molar-refractivity contribution >= 4 is 0 Å². The molecule has 0 aromatic heterocycles. The highest BCUT2D eigenvalue weighted by atomic mass is 15.2. The molecule has 2 atom stereocenters. The van der Waals surface area contributed by atoms with Crippen molar-refractivity contribution in [2.75, 3.05) is 32.7 Å². The lowest BCUT2D eigenvalue weighted by Gasteiger charge is -2.41. The van der Waals surface area contributed by atoms with E-state index in [1.165, 1.54) is 45.6 Å². The van der Waals surface area contributed by atoms with E-state index in [2.05, 4.69) is 22.5 Å². The predicted molar refractivity (Wildman–Crippen MR) is 54.9 cm³/mol. The standard InChI is InChI=1S/C10H21N3/c1-9-10(3-2-4-12-9)13-7-5-11-6-8-13/h9-12H,2-8H2,1H3. The predicted octanol–water partition coefficient (Wildman–Crippen LogP) is 0.0321. The zero-order valence-corrected chi connectivity index (χ0v) is 8.55. The Morgan fingerprint density at radius 2 is 1.92 bits per heavy atom. The maximum Gasteiger partial charge on any atom is 0.0248 e. The van der Waals surface area contributed by atoms with Crippen LogP contribution in [-0.2, 0) is 0 Å². The minimum Gasteiger partial charge on any atom is -0.314 e. The van der Waals surface area contributed by atoms with Crippen molar-refractivity contribution in [2.45, 2.75) is 31.8 Å². The molecule has 13 heavy (non-hydrogen) atoms. The average Bonchev–Trinajstić information content (AvgIpc) is 2.20. The first-order valence-electron chi connectivity index (χ1n) is 5.56. The van der Waals surface area contributed by atoms with E-state index in [1.807, 2.05) is 0 Å². The third-order valence-electron chi connectivity index (χ3n) is 3.34. The van der Waals surface area contributed by atoms with Gasteiger partial charge in [0, 0.05) is 38.3 Å². The Morgan fingerprint density at radius 1 is 1.15 bits per heavy atom. The van der Waals surface area contributed by atoms with Gasteiger partial charge < -0.3 is 10.6 Å². The first-order valence-corrected chi connectivity index (χ1v) is 5.56. The van der Waals surface area contributed by atoms with E-state index in [-0.39, 0.29) is 0 Å². The van der Waals surface area contributed by atoms with E-state index in [4.69, 9.17) is 0 Å². The normalized spacial score (nSPS) is 37.6. The quantitative estimate of drug-likeness (QED) is 0.601. The molecule has 2 aliphatic heterocycles. The molecule has 3 heteroatoms. The first kappa shape index (κ1) is 9.44. The van der Waals surface area contributed by atoms with Gasteiger partial charge in [-0.15, -0.1) is 0 Å². The maximum absolute atomic E-state index is 3.57. The van der Waals surface area contributed by atoms with Crippen LogP contribution >= 0.6 is 0 Å². The van der Waals surface area contributed by atoms with E-state index in [1.54, 1.807) is 0 Å². The fourth-order valence-corrected chi connectivity index (χ4v) is 2.54. The van der Waals surface area contributed by atoms with Crippen LogP contribution < -0.4 is 10.6 Å². The molecular formula is C10H21N3. The minimum atomic E-state index is 0.687. The minimum absolute atomic E-state index is 0.687. The van der Waals surface area contributed by atoms with E-state index >= 15 is 0 Å². The Kier molecular flexibility index (Phi) is 3.19. The molecule has 0 bridgehead atoms. The lowest BCUT2D eigenvalue weighted by atomic mass is 9.97. The Morgan fingerprint density at radius 3 is 2.62 bits per heavy atom. The number of hydrogen-bond acceptors (Lipinski definition) is 3.